The zero-order valence-corrected chi connectivity index (χ0v) is 10.5. The zero-order valence-electron chi connectivity index (χ0n) is 10.5. The normalized spacial score (nSPS) is 14.3. The van der Waals surface area contributed by atoms with Crippen LogP contribution in [0.4, 0.5) is 8.78 Å². The molecule has 100 valence electrons. The van der Waals surface area contributed by atoms with E-state index >= 15 is 0 Å². The summed E-state index contributed by atoms with van der Waals surface area (Å²) < 4.78 is 30.1. The van der Waals surface area contributed by atoms with Crippen molar-refractivity contribution >= 4 is 5.97 Å². The lowest BCUT2D eigenvalue weighted by molar-refractivity contribution is -0.149. The number of benzene rings is 1. The van der Waals surface area contributed by atoms with E-state index in [2.05, 4.69) is 4.74 Å². The third-order valence-corrected chi connectivity index (χ3v) is 3.03. The first kappa shape index (κ1) is 14.6. The van der Waals surface area contributed by atoms with Gasteiger partial charge in [-0.05, 0) is 12.5 Å². The Balaban J connectivity index is 3.24. The van der Waals surface area contributed by atoms with Crippen LogP contribution in [0, 0.1) is 6.92 Å². The summed E-state index contributed by atoms with van der Waals surface area (Å²) >= 11 is 0. The summed E-state index contributed by atoms with van der Waals surface area (Å²) in [6.07, 6.45) is -3.27. The minimum absolute atomic E-state index is 0.215. The topological polar surface area (TPSA) is 52.3 Å². The van der Waals surface area contributed by atoms with E-state index in [0.29, 0.717) is 5.56 Å². The van der Waals surface area contributed by atoms with Crippen LogP contribution in [0.1, 0.15) is 17.5 Å². The smallest absolute Gasteiger partial charge is 0.317 e. The molecule has 1 rings (SSSR count). The van der Waals surface area contributed by atoms with Crippen LogP contribution in [0.15, 0.2) is 24.3 Å². The maximum Gasteiger partial charge on any atom is 0.317 e. The molecule has 0 aromatic heterocycles. The largest absolute Gasteiger partial charge is 0.468 e. The first-order chi connectivity index (χ1) is 8.46. The molecule has 0 aliphatic rings. The van der Waals surface area contributed by atoms with Crippen molar-refractivity contribution in [2.45, 2.75) is 25.2 Å². The first-order valence-corrected chi connectivity index (χ1v) is 5.60. The molecule has 0 radical (unpaired) electrons. The van der Waals surface area contributed by atoms with Gasteiger partial charge >= 0.3 is 5.97 Å². The highest BCUT2D eigenvalue weighted by Gasteiger charge is 2.42. The highest BCUT2D eigenvalue weighted by atomic mass is 19.3. The number of hydrogen-bond acceptors (Lipinski definition) is 3. The fourth-order valence-corrected chi connectivity index (χ4v) is 1.93. The van der Waals surface area contributed by atoms with Gasteiger partial charge in [0.1, 0.15) is 5.41 Å². The van der Waals surface area contributed by atoms with Gasteiger partial charge in [0, 0.05) is 13.0 Å². The molecule has 1 aromatic rings. The van der Waals surface area contributed by atoms with Crippen molar-refractivity contribution in [2.75, 3.05) is 13.7 Å². The van der Waals surface area contributed by atoms with Crippen molar-refractivity contribution in [3.05, 3.63) is 35.4 Å². The van der Waals surface area contributed by atoms with Gasteiger partial charge < -0.3 is 10.5 Å². The molecule has 1 atom stereocenters. The van der Waals surface area contributed by atoms with Gasteiger partial charge in [0.05, 0.1) is 7.11 Å². The molecular formula is C13H17F2NO2. The predicted molar refractivity (Wildman–Crippen MR) is 64.5 cm³/mol. The van der Waals surface area contributed by atoms with Gasteiger partial charge in [-0.3, -0.25) is 4.79 Å². The fourth-order valence-electron chi connectivity index (χ4n) is 1.93. The first-order valence-electron chi connectivity index (χ1n) is 5.60. The second kappa shape index (κ2) is 5.91. The molecule has 0 saturated carbocycles. The molecule has 5 heteroatoms. The minimum Gasteiger partial charge on any atom is -0.468 e. The van der Waals surface area contributed by atoms with Gasteiger partial charge in [0.2, 0.25) is 6.43 Å². The molecular weight excluding hydrogens is 240 g/mol. The van der Waals surface area contributed by atoms with Crippen molar-refractivity contribution < 1.29 is 18.3 Å². The second-order valence-electron chi connectivity index (χ2n) is 4.24. The molecule has 1 unspecified atom stereocenters. The van der Waals surface area contributed by atoms with Crippen molar-refractivity contribution in [1.29, 1.82) is 0 Å². The van der Waals surface area contributed by atoms with Crippen LogP contribution in [0.25, 0.3) is 0 Å². The number of aryl methyl sites for hydroxylation is 1. The third kappa shape index (κ3) is 2.85. The van der Waals surface area contributed by atoms with Gasteiger partial charge in [0.25, 0.3) is 0 Å². The Bertz CT molecular complexity index is 406. The number of rotatable bonds is 5. The average Bonchev–Trinajstić information content (AvgIpc) is 2.35. The molecule has 0 saturated heterocycles. The third-order valence-electron chi connectivity index (χ3n) is 3.03. The molecule has 0 amide bonds. The lowest BCUT2D eigenvalue weighted by Gasteiger charge is -2.29. The second-order valence-corrected chi connectivity index (χ2v) is 4.24. The maximum absolute atomic E-state index is 12.7. The number of carbonyl (C=O) groups is 1. The Hall–Kier alpha value is -1.49. The van der Waals surface area contributed by atoms with E-state index in [1.165, 1.54) is 7.11 Å². The average molecular weight is 257 g/mol. The Morgan fingerprint density at radius 3 is 2.33 bits per heavy atom. The lowest BCUT2D eigenvalue weighted by Crippen LogP contribution is -2.45. The van der Waals surface area contributed by atoms with Gasteiger partial charge in [-0.25, -0.2) is 8.78 Å². The molecule has 18 heavy (non-hydrogen) atoms. The van der Waals surface area contributed by atoms with Crippen LogP contribution < -0.4 is 5.73 Å². The Morgan fingerprint density at radius 2 is 1.94 bits per heavy atom. The highest BCUT2D eigenvalue weighted by molar-refractivity contribution is 5.83. The van der Waals surface area contributed by atoms with Gasteiger partial charge in [-0.2, -0.15) is 0 Å². The number of methoxy groups -OCH3 is 1. The van der Waals surface area contributed by atoms with Gasteiger partial charge in [0.15, 0.2) is 0 Å². The summed E-state index contributed by atoms with van der Waals surface area (Å²) in [5, 5.41) is 0. The molecule has 0 spiro atoms. The van der Waals surface area contributed by atoms with Gasteiger partial charge in [-0.15, -0.1) is 0 Å². The Labute approximate surface area is 105 Å². The number of halogens is 2. The van der Waals surface area contributed by atoms with E-state index in [1.807, 2.05) is 6.92 Å². The number of esters is 1. The molecule has 2 N–H and O–H groups in total. The standard InChI is InChI=1S/C13H17F2NO2/c1-9-3-5-10(6-4-9)13(8-16,7-11(14)15)12(17)18-2/h3-6,11H,7-8,16H2,1-2H3. The van der Waals surface area contributed by atoms with E-state index in [0.717, 1.165) is 5.56 Å². The minimum atomic E-state index is -2.63. The number of alkyl halides is 2. The SMILES string of the molecule is COC(=O)C(CN)(CC(F)F)c1ccc(C)cc1. The van der Waals surface area contributed by atoms with Crippen LogP contribution in [-0.2, 0) is 14.9 Å². The van der Waals surface area contributed by atoms with Crippen LogP contribution >= 0.6 is 0 Å². The Morgan fingerprint density at radius 1 is 1.39 bits per heavy atom. The monoisotopic (exact) mass is 257 g/mol. The Kier molecular flexibility index (Phi) is 4.78. The fraction of sp³-hybridized carbons (Fsp3) is 0.462. The van der Waals surface area contributed by atoms with Crippen molar-refractivity contribution in [1.82, 2.24) is 0 Å². The zero-order chi connectivity index (χ0) is 13.8. The summed E-state index contributed by atoms with van der Waals surface area (Å²) in [7, 11) is 1.17. The van der Waals surface area contributed by atoms with Crippen LogP contribution in [0.2, 0.25) is 0 Å². The highest BCUT2D eigenvalue weighted by Crippen LogP contribution is 2.31. The van der Waals surface area contributed by atoms with E-state index in [-0.39, 0.29) is 6.54 Å². The van der Waals surface area contributed by atoms with Crippen LogP contribution in [0.5, 0.6) is 0 Å². The van der Waals surface area contributed by atoms with Gasteiger partial charge in [-0.1, -0.05) is 29.8 Å². The predicted octanol–water partition coefficient (Wildman–Crippen LogP) is 2.02. The number of carbonyl (C=O) groups excluding carboxylic acids is 1. The quantitative estimate of drug-likeness (QED) is 0.821. The molecule has 3 nitrogen and oxygen atoms in total. The molecule has 0 fully saturated rings. The summed E-state index contributed by atoms with van der Waals surface area (Å²) in [5.41, 5.74) is 5.53. The van der Waals surface area contributed by atoms with Crippen LogP contribution in [-0.4, -0.2) is 26.0 Å². The molecule has 0 aliphatic heterocycles. The number of hydrogen-bond donors (Lipinski definition) is 1. The lowest BCUT2D eigenvalue weighted by atomic mass is 9.77. The summed E-state index contributed by atoms with van der Waals surface area (Å²) in [4.78, 5) is 11.9. The van der Waals surface area contributed by atoms with Crippen molar-refractivity contribution in [3.63, 3.8) is 0 Å². The number of ether oxygens (including phenoxy) is 1. The molecule has 0 aliphatic carbocycles. The van der Waals surface area contributed by atoms with Crippen LogP contribution in [0.3, 0.4) is 0 Å². The maximum atomic E-state index is 12.7. The molecule has 0 bridgehead atoms. The van der Waals surface area contributed by atoms with E-state index in [9.17, 15) is 13.6 Å². The van der Waals surface area contributed by atoms with E-state index < -0.39 is 24.2 Å². The molecule has 1 aromatic carbocycles. The van der Waals surface area contributed by atoms with E-state index in [4.69, 9.17) is 5.73 Å². The number of nitrogens with two attached hydrogens (primary N) is 1. The van der Waals surface area contributed by atoms with E-state index in [1.54, 1.807) is 24.3 Å². The summed E-state index contributed by atoms with van der Waals surface area (Å²) in [6, 6.07) is 6.80. The molecule has 0 heterocycles. The summed E-state index contributed by atoms with van der Waals surface area (Å²) in [6.45, 7) is 1.66. The van der Waals surface area contributed by atoms with Crippen molar-refractivity contribution in [3.8, 4) is 0 Å². The van der Waals surface area contributed by atoms with Crippen molar-refractivity contribution in [2.24, 2.45) is 5.73 Å². The summed E-state index contributed by atoms with van der Waals surface area (Å²) in [5.74, 6) is -0.728.